The highest BCUT2D eigenvalue weighted by atomic mass is 13.9. The van der Waals surface area contributed by atoms with E-state index >= 15 is 0 Å². The van der Waals surface area contributed by atoms with Crippen molar-refractivity contribution < 1.29 is 0 Å². The highest BCUT2D eigenvalue weighted by Gasteiger charge is 1.81. The molecule has 1 aliphatic rings. The topological polar surface area (TPSA) is 0 Å². The summed E-state index contributed by atoms with van der Waals surface area (Å²) in [5.74, 6) is 0. The molecule has 75 valence electrons. The molecular formula is C14H19. The van der Waals surface area contributed by atoms with Crippen molar-refractivity contribution in [3.8, 4) is 0 Å². The van der Waals surface area contributed by atoms with Crippen molar-refractivity contribution in [3.05, 3.63) is 48.6 Å². The smallest absolute Gasteiger partial charge is 0.0169 e. The van der Waals surface area contributed by atoms with Crippen LogP contribution in [0.5, 0.6) is 0 Å². The minimum Gasteiger partial charge on any atom is -0.0882 e. The predicted molar refractivity (Wildman–Crippen MR) is 62.9 cm³/mol. The van der Waals surface area contributed by atoms with Crippen molar-refractivity contribution in [1.82, 2.24) is 0 Å². The number of allylic oxidation sites excluding steroid dienone is 8. The Labute approximate surface area is 87.7 Å². The van der Waals surface area contributed by atoms with Crippen LogP contribution < -0.4 is 0 Å². The van der Waals surface area contributed by atoms with Gasteiger partial charge in [0.15, 0.2) is 0 Å². The second kappa shape index (κ2) is 8.55. The molecule has 0 atom stereocenters. The first-order chi connectivity index (χ1) is 7.00. The summed E-state index contributed by atoms with van der Waals surface area (Å²) in [6.45, 7) is 0. The van der Waals surface area contributed by atoms with Gasteiger partial charge in [-0.05, 0) is 44.6 Å². The Morgan fingerprint density at radius 2 is 1.50 bits per heavy atom. The normalized spacial score (nSPS) is 19.4. The standard InChI is InChI=1S/C14H19/c1-2-4-6-8-10-12-14-13-11-9-7-5-3-1/h1-2,5,7-8,10,14H,3-4,6,9,11,13H2. The molecule has 0 amide bonds. The Kier molecular flexibility index (Phi) is 6.74. The van der Waals surface area contributed by atoms with E-state index in [9.17, 15) is 0 Å². The average Bonchev–Trinajstić information content (AvgIpc) is 2.22. The van der Waals surface area contributed by atoms with E-state index in [0.717, 1.165) is 25.7 Å². The molecule has 0 fully saturated rings. The highest BCUT2D eigenvalue weighted by Crippen LogP contribution is 2.01. The molecule has 0 bridgehead atoms. The fourth-order valence-corrected chi connectivity index (χ4v) is 1.34. The summed E-state index contributed by atoms with van der Waals surface area (Å²) in [6, 6.07) is 0. The van der Waals surface area contributed by atoms with Gasteiger partial charge in [-0.2, -0.15) is 0 Å². The summed E-state index contributed by atoms with van der Waals surface area (Å²) in [4.78, 5) is 0. The van der Waals surface area contributed by atoms with E-state index in [1.54, 1.807) is 0 Å². The SMILES string of the molecule is [C]1=CCCCC=CCC=CCCC=C1. The fourth-order valence-electron chi connectivity index (χ4n) is 1.34. The fraction of sp³-hybridized carbons (Fsp3) is 0.429. The Balaban J connectivity index is 2.34. The molecule has 0 heteroatoms. The van der Waals surface area contributed by atoms with Crippen LogP contribution in [0.1, 0.15) is 38.5 Å². The molecule has 0 N–H and O–H groups in total. The van der Waals surface area contributed by atoms with Gasteiger partial charge >= 0.3 is 0 Å². The first-order valence-corrected chi connectivity index (χ1v) is 5.53. The first-order valence-electron chi connectivity index (χ1n) is 5.53. The van der Waals surface area contributed by atoms with E-state index in [-0.39, 0.29) is 0 Å². The lowest BCUT2D eigenvalue weighted by molar-refractivity contribution is 0.864. The van der Waals surface area contributed by atoms with Crippen molar-refractivity contribution in [2.45, 2.75) is 38.5 Å². The van der Waals surface area contributed by atoms with Crippen molar-refractivity contribution in [1.29, 1.82) is 0 Å². The van der Waals surface area contributed by atoms with Crippen LogP contribution in [0.3, 0.4) is 0 Å². The van der Waals surface area contributed by atoms with Crippen LogP contribution in [0.4, 0.5) is 0 Å². The van der Waals surface area contributed by atoms with Gasteiger partial charge in [0.25, 0.3) is 0 Å². The molecule has 0 saturated heterocycles. The molecule has 0 aromatic carbocycles. The Bertz CT molecular complexity index is 228. The van der Waals surface area contributed by atoms with Crippen molar-refractivity contribution in [2.75, 3.05) is 0 Å². The molecule has 0 spiro atoms. The van der Waals surface area contributed by atoms with E-state index in [2.05, 4.69) is 42.5 Å². The molecule has 1 radical (unpaired) electrons. The summed E-state index contributed by atoms with van der Waals surface area (Å²) in [7, 11) is 0. The van der Waals surface area contributed by atoms with Crippen LogP contribution in [0.25, 0.3) is 0 Å². The largest absolute Gasteiger partial charge is 0.0882 e. The first kappa shape index (κ1) is 11.0. The van der Waals surface area contributed by atoms with Crippen LogP contribution in [-0.2, 0) is 0 Å². The molecule has 0 aliphatic heterocycles. The van der Waals surface area contributed by atoms with Gasteiger partial charge in [0.2, 0.25) is 0 Å². The van der Waals surface area contributed by atoms with Crippen LogP contribution in [0, 0.1) is 6.08 Å². The van der Waals surface area contributed by atoms with Crippen LogP contribution in [0.2, 0.25) is 0 Å². The van der Waals surface area contributed by atoms with Gasteiger partial charge in [-0.15, -0.1) is 0 Å². The Hall–Kier alpha value is -1.04. The molecular weight excluding hydrogens is 168 g/mol. The van der Waals surface area contributed by atoms with Gasteiger partial charge in [0.1, 0.15) is 0 Å². The van der Waals surface area contributed by atoms with E-state index in [4.69, 9.17) is 0 Å². The molecule has 1 rings (SSSR count). The lowest BCUT2D eigenvalue weighted by atomic mass is 10.2. The van der Waals surface area contributed by atoms with Gasteiger partial charge in [0.05, 0.1) is 0 Å². The van der Waals surface area contributed by atoms with Gasteiger partial charge in [-0.25, -0.2) is 0 Å². The maximum atomic E-state index is 3.19. The Morgan fingerprint density at radius 1 is 0.714 bits per heavy atom. The molecule has 0 saturated carbocycles. The number of rotatable bonds is 0. The van der Waals surface area contributed by atoms with Crippen LogP contribution in [0.15, 0.2) is 42.5 Å². The van der Waals surface area contributed by atoms with E-state index < -0.39 is 0 Å². The molecule has 0 aromatic heterocycles. The molecule has 0 nitrogen and oxygen atoms in total. The van der Waals surface area contributed by atoms with Gasteiger partial charge in [0, 0.05) is 0 Å². The number of hydrogen-bond donors (Lipinski definition) is 0. The maximum Gasteiger partial charge on any atom is -0.0169 e. The van der Waals surface area contributed by atoms with Crippen LogP contribution >= 0.6 is 0 Å². The highest BCUT2D eigenvalue weighted by molar-refractivity contribution is 4.98. The molecule has 0 heterocycles. The second-order valence-corrected chi connectivity index (χ2v) is 3.46. The molecule has 14 heavy (non-hydrogen) atoms. The average molecular weight is 187 g/mol. The quantitative estimate of drug-likeness (QED) is 0.494. The lowest BCUT2D eigenvalue weighted by Crippen LogP contribution is -1.71. The zero-order chi connectivity index (χ0) is 9.90. The maximum absolute atomic E-state index is 3.19. The zero-order valence-electron chi connectivity index (χ0n) is 8.78. The minimum absolute atomic E-state index is 1.09. The van der Waals surface area contributed by atoms with Gasteiger partial charge in [-0.3, -0.25) is 0 Å². The Morgan fingerprint density at radius 3 is 2.43 bits per heavy atom. The van der Waals surface area contributed by atoms with Crippen molar-refractivity contribution in [3.63, 3.8) is 0 Å². The van der Waals surface area contributed by atoms with Gasteiger partial charge < -0.3 is 0 Å². The zero-order valence-corrected chi connectivity index (χ0v) is 8.78. The summed E-state index contributed by atoms with van der Waals surface area (Å²) in [5, 5.41) is 0. The van der Waals surface area contributed by atoms with Crippen LogP contribution in [-0.4, -0.2) is 0 Å². The number of hydrogen-bond acceptors (Lipinski definition) is 0. The lowest BCUT2D eigenvalue weighted by Gasteiger charge is -1.91. The van der Waals surface area contributed by atoms with Crippen molar-refractivity contribution >= 4 is 0 Å². The molecule has 0 unspecified atom stereocenters. The summed E-state index contributed by atoms with van der Waals surface area (Å²) in [6.07, 6.45) is 25.5. The van der Waals surface area contributed by atoms with E-state index in [0.29, 0.717) is 0 Å². The molecule has 0 aromatic rings. The monoisotopic (exact) mass is 187 g/mol. The van der Waals surface area contributed by atoms with Gasteiger partial charge in [-0.1, -0.05) is 42.5 Å². The third-order valence-electron chi connectivity index (χ3n) is 2.16. The minimum atomic E-state index is 1.09. The molecule has 1 aliphatic carbocycles. The third-order valence-corrected chi connectivity index (χ3v) is 2.16. The summed E-state index contributed by atoms with van der Waals surface area (Å²) >= 11 is 0. The van der Waals surface area contributed by atoms with E-state index in [1.807, 2.05) is 6.08 Å². The third kappa shape index (κ3) is 6.47. The summed E-state index contributed by atoms with van der Waals surface area (Å²) in [5.41, 5.74) is 0. The predicted octanol–water partition coefficient (Wildman–Crippen LogP) is 4.37. The summed E-state index contributed by atoms with van der Waals surface area (Å²) < 4.78 is 0. The van der Waals surface area contributed by atoms with Crippen molar-refractivity contribution in [2.24, 2.45) is 0 Å². The second-order valence-electron chi connectivity index (χ2n) is 3.46. The van der Waals surface area contributed by atoms with E-state index in [1.165, 1.54) is 12.8 Å².